The number of nitrogens with zero attached hydrogens (tertiary/aromatic N) is 1. The summed E-state index contributed by atoms with van der Waals surface area (Å²) in [7, 11) is 1.15. The van der Waals surface area contributed by atoms with E-state index in [4.69, 9.17) is 18.5 Å². The lowest BCUT2D eigenvalue weighted by Crippen LogP contribution is -2.37. The van der Waals surface area contributed by atoms with Crippen molar-refractivity contribution in [2.24, 2.45) is 0 Å². The van der Waals surface area contributed by atoms with Gasteiger partial charge in [-0.3, -0.25) is 14.2 Å². The van der Waals surface area contributed by atoms with Crippen molar-refractivity contribution < 1.29 is 42.1 Å². The van der Waals surface area contributed by atoms with Crippen LogP contribution in [0, 0.1) is 0 Å². The number of quaternary nitrogens is 1. The minimum absolute atomic E-state index is 0.0347. The predicted molar refractivity (Wildman–Crippen MR) is 236 cm³/mol. The lowest BCUT2D eigenvalue weighted by atomic mass is 10.0. The second-order valence-electron chi connectivity index (χ2n) is 17.1. The Labute approximate surface area is 351 Å². The molecule has 0 N–H and O–H groups in total. The number of hydrogen-bond acceptors (Lipinski definition) is 8. The number of rotatable bonds is 43. The van der Waals surface area contributed by atoms with Gasteiger partial charge < -0.3 is 27.9 Å². The van der Waals surface area contributed by atoms with Gasteiger partial charge in [-0.05, 0) is 44.9 Å². The van der Waals surface area contributed by atoms with E-state index in [1.54, 1.807) is 0 Å². The second kappa shape index (κ2) is 39.9. The fourth-order valence-electron chi connectivity index (χ4n) is 6.51. The molecule has 0 amide bonds. The summed E-state index contributed by atoms with van der Waals surface area (Å²) >= 11 is 0. The van der Waals surface area contributed by atoms with E-state index >= 15 is 0 Å². The smallest absolute Gasteiger partial charge is 0.306 e. The molecule has 57 heavy (non-hydrogen) atoms. The summed E-state index contributed by atoms with van der Waals surface area (Å²) in [5, 5.41) is 0. The molecular weight excluding hydrogens is 737 g/mol. The van der Waals surface area contributed by atoms with Crippen molar-refractivity contribution in [1.29, 1.82) is 0 Å². The Bertz CT molecular complexity index is 1030. The summed E-state index contributed by atoms with van der Waals surface area (Å²) < 4.78 is 33.9. The van der Waals surface area contributed by atoms with Crippen LogP contribution in [0.5, 0.6) is 0 Å². The maximum absolute atomic E-state index is 12.7. The topological polar surface area (TPSA) is 111 Å². The molecule has 10 heteroatoms. The van der Waals surface area contributed by atoms with E-state index < -0.39 is 26.5 Å². The van der Waals surface area contributed by atoms with Crippen LogP contribution in [0.15, 0.2) is 24.3 Å². The number of ether oxygens (including phenoxy) is 2. The third-order valence-electron chi connectivity index (χ3n) is 10.2. The highest BCUT2D eigenvalue weighted by Gasteiger charge is 2.21. The first-order chi connectivity index (χ1) is 27.5. The first-order valence-electron chi connectivity index (χ1n) is 23.5. The van der Waals surface area contributed by atoms with E-state index in [1.807, 2.05) is 21.1 Å². The van der Waals surface area contributed by atoms with Gasteiger partial charge in [0, 0.05) is 12.8 Å². The number of hydrogen-bond donors (Lipinski definition) is 0. The second-order valence-corrected chi connectivity index (χ2v) is 18.5. The Balaban J connectivity index is 4.32. The highest BCUT2D eigenvalue weighted by atomic mass is 31.2. The van der Waals surface area contributed by atoms with Gasteiger partial charge in [-0.2, -0.15) is 0 Å². The number of phosphoric ester groups is 1. The van der Waals surface area contributed by atoms with Crippen LogP contribution in [-0.4, -0.2) is 70.0 Å². The number of carbonyl (C=O) groups excluding carboxylic acids is 2. The maximum Gasteiger partial charge on any atom is 0.306 e. The summed E-state index contributed by atoms with van der Waals surface area (Å²) in [6.07, 6.45) is 43.5. The number of unbranched alkanes of at least 4 members (excludes halogenated alkanes) is 25. The van der Waals surface area contributed by atoms with E-state index in [2.05, 4.69) is 38.2 Å². The van der Waals surface area contributed by atoms with Gasteiger partial charge in [-0.1, -0.05) is 179 Å². The van der Waals surface area contributed by atoms with Crippen LogP contribution in [0.2, 0.25) is 0 Å². The van der Waals surface area contributed by atoms with Gasteiger partial charge in [0.25, 0.3) is 7.82 Å². The first-order valence-corrected chi connectivity index (χ1v) is 25.0. The van der Waals surface area contributed by atoms with Crippen molar-refractivity contribution >= 4 is 19.8 Å². The Hall–Kier alpha value is -1.51. The van der Waals surface area contributed by atoms with E-state index in [0.717, 1.165) is 44.9 Å². The highest BCUT2D eigenvalue weighted by Crippen LogP contribution is 2.38. The zero-order valence-corrected chi connectivity index (χ0v) is 38.7. The lowest BCUT2D eigenvalue weighted by Gasteiger charge is -2.28. The summed E-state index contributed by atoms with van der Waals surface area (Å²) in [6, 6.07) is 0. The van der Waals surface area contributed by atoms with Crippen molar-refractivity contribution in [2.75, 3.05) is 47.5 Å². The van der Waals surface area contributed by atoms with Gasteiger partial charge >= 0.3 is 11.9 Å². The molecule has 0 rings (SSSR count). The van der Waals surface area contributed by atoms with E-state index in [0.29, 0.717) is 17.4 Å². The summed E-state index contributed by atoms with van der Waals surface area (Å²) in [4.78, 5) is 37.6. The number of likely N-dealkylation sites (N-methyl/N-ethyl adjacent to an activating group) is 1. The summed E-state index contributed by atoms with van der Waals surface area (Å²) in [5.41, 5.74) is 0. The molecule has 0 heterocycles. The third kappa shape index (κ3) is 43.9. The molecule has 0 fully saturated rings. The molecule has 0 saturated carbocycles. The molecule has 1 unspecified atom stereocenters. The third-order valence-corrected chi connectivity index (χ3v) is 11.2. The molecule has 2 atom stereocenters. The van der Waals surface area contributed by atoms with Gasteiger partial charge in [-0.15, -0.1) is 0 Å². The van der Waals surface area contributed by atoms with Crippen molar-refractivity contribution in [3.05, 3.63) is 24.3 Å². The standard InChI is InChI=1S/C47H90NO8P/c1-6-8-10-12-14-16-18-20-22-23-24-26-27-29-31-33-35-37-39-46(49)53-43-45(44-55-57(51,52)54-42-41-48(3,4)5)56-47(50)40-38-36-34-32-30-28-25-21-19-17-15-13-11-9-7-2/h21,25,30,32,45H,6-20,22-24,26-29,31,33-44H2,1-5H3/b25-21+,32-30+/t45-/m1/s1. The van der Waals surface area contributed by atoms with Crippen molar-refractivity contribution in [2.45, 2.75) is 219 Å². The van der Waals surface area contributed by atoms with Crippen molar-refractivity contribution in [3.63, 3.8) is 0 Å². The Morgan fingerprint density at radius 1 is 0.544 bits per heavy atom. The zero-order chi connectivity index (χ0) is 42.1. The molecule has 0 aromatic rings. The average Bonchev–Trinajstić information content (AvgIpc) is 3.16. The van der Waals surface area contributed by atoms with Crippen LogP contribution < -0.4 is 4.89 Å². The van der Waals surface area contributed by atoms with Gasteiger partial charge in [0.05, 0.1) is 27.7 Å². The van der Waals surface area contributed by atoms with Gasteiger partial charge in [-0.25, -0.2) is 0 Å². The van der Waals surface area contributed by atoms with Gasteiger partial charge in [0.2, 0.25) is 0 Å². The fourth-order valence-corrected chi connectivity index (χ4v) is 7.24. The normalized spacial score (nSPS) is 13.7. The molecule has 9 nitrogen and oxygen atoms in total. The van der Waals surface area contributed by atoms with Crippen LogP contribution in [0.4, 0.5) is 0 Å². The first kappa shape index (κ1) is 55.5. The lowest BCUT2D eigenvalue weighted by molar-refractivity contribution is -0.870. The monoisotopic (exact) mass is 828 g/mol. The van der Waals surface area contributed by atoms with Gasteiger partial charge in [0.15, 0.2) is 6.10 Å². The Morgan fingerprint density at radius 2 is 0.947 bits per heavy atom. The maximum atomic E-state index is 12.7. The predicted octanol–water partition coefficient (Wildman–Crippen LogP) is 12.9. The minimum atomic E-state index is -4.63. The van der Waals surface area contributed by atoms with Crippen LogP contribution in [0.25, 0.3) is 0 Å². The molecular formula is C47H90NO8P. The number of esters is 2. The van der Waals surface area contributed by atoms with E-state index in [9.17, 15) is 19.0 Å². The minimum Gasteiger partial charge on any atom is -0.756 e. The number of carbonyl (C=O) groups is 2. The molecule has 0 aliphatic rings. The van der Waals surface area contributed by atoms with E-state index in [-0.39, 0.29) is 32.0 Å². The molecule has 0 aromatic carbocycles. The highest BCUT2D eigenvalue weighted by molar-refractivity contribution is 7.45. The van der Waals surface area contributed by atoms with Crippen molar-refractivity contribution in [3.8, 4) is 0 Å². The summed E-state index contributed by atoms with van der Waals surface area (Å²) in [6.45, 7) is 4.21. The Morgan fingerprint density at radius 3 is 1.42 bits per heavy atom. The quantitative estimate of drug-likeness (QED) is 0.0196. The molecule has 0 aliphatic heterocycles. The fraction of sp³-hybridized carbons (Fsp3) is 0.872. The number of phosphoric acid groups is 1. The van der Waals surface area contributed by atoms with Gasteiger partial charge in [0.1, 0.15) is 19.8 Å². The molecule has 0 aromatic heterocycles. The molecule has 0 spiro atoms. The number of allylic oxidation sites excluding steroid dienone is 4. The van der Waals surface area contributed by atoms with Crippen LogP contribution >= 0.6 is 7.82 Å². The van der Waals surface area contributed by atoms with Crippen LogP contribution in [-0.2, 0) is 32.7 Å². The summed E-state index contributed by atoms with van der Waals surface area (Å²) in [5.74, 6) is -0.863. The Kier molecular flexibility index (Phi) is 38.9. The molecule has 0 radical (unpaired) electrons. The van der Waals surface area contributed by atoms with E-state index in [1.165, 1.54) is 135 Å². The molecule has 0 bridgehead atoms. The largest absolute Gasteiger partial charge is 0.756 e. The van der Waals surface area contributed by atoms with Crippen LogP contribution in [0.1, 0.15) is 213 Å². The average molecular weight is 828 g/mol. The zero-order valence-electron chi connectivity index (χ0n) is 37.8. The van der Waals surface area contributed by atoms with Crippen molar-refractivity contribution in [1.82, 2.24) is 0 Å². The molecule has 336 valence electrons. The van der Waals surface area contributed by atoms with Crippen LogP contribution in [0.3, 0.4) is 0 Å². The molecule has 0 aliphatic carbocycles. The SMILES string of the molecule is CCCCCCCC/C=C/C/C=C/CCCCC(=O)O[C@H](COC(=O)CCCCCCCCCCCCCCCCCCCC)COP(=O)([O-])OCC[N+](C)(C)C. The molecule has 0 saturated heterocycles.